The van der Waals surface area contributed by atoms with Crippen molar-refractivity contribution in [1.82, 2.24) is 10.2 Å². The number of hydrogen-bond acceptors (Lipinski definition) is 2. The van der Waals surface area contributed by atoms with Gasteiger partial charge in [-0.1, -0.05) is 73.3 Å². The lowest BCUT2D eigenvalue weighted by molar-refractivity contribution is -0.140. The Hall–Kier alpha value is -2.04. The SMILES string of the molecule is CCCCNC(=O)[C@@H](CC)N(Cc1c(Cl)cccc1Cl)C(=O)Cc1cc(C)ccc1C. The van der Waals surface area contributed by atoms with Crippen LogP contribution in [0.4, 0.5) is 0 Å². The number of hydrogen-bond donors (Lipinski definition) is 1. The summed E-state index contributed by atoms with van der Waals surface area (Å²) in [5, 5.41) is 3.94. The van der Waals surface area contributed by atoms with Gasteiger partial charge in [-0.25, -0.2) is 0 Å². The maximum absolute atomic E-state index is 13.5. The summed E-state index contributed by atoms with van der Waals surface area (Å²) in [7, 11) is 0. The molecule has 0 saturated carbocycles. The maximum Gasteiger partial charge on any atom is 0.242 e. The normalized spacial score (nSPS) is 11.8. The van der Waals surface area contributed by atoms with E-state index in [1.54, 1.807) is 23.1 Å². The molecule has 0 aromatic heterocycles. The van der Waals surface area contributed by atoms with Crippen LogP contribution in [0.25, 0.3) is 0 Å². The molecule has 1 N–H and O–H groups in total. The van der Waals surface area contributed by atoms with E-state index < -0.39 is 6.04 Å². The molecule has 0 aliphatic heterocycles. The van der Waals surface area contributed by atoms with Crippen LogP contribution in [0.15, 0.2) is 36.4 Å². The monoisotopic (exact) mass is 462 g/mol. The van der Waals surface area contributed by atoms with Gasteiger partial charge in [0.2, 0.25) is 11.8 Å². The summed E-state index contributed by atoms with van der Waals surface area (Å²) in [6.45, 7) is 8.76. The minimum atomic E-state index is -0.596. The second-order valence-corrected chi connectivity index (χ2v) is 8.71. The van der Waals surface area contributed by atoms with Crippen molar-refractivity contribution in [2.45, 2.75) is 66.0 Å². The van der Waals surface area contributed by atoms with Crippen LogP contribution >= 0.6 is 23.2 Å². The van der Waals surface area contributed by atoms with E-state index in [9.17, 15) is 9.59 Å². The van der Waals surface area contributed by atoms with Gasteiger partial charge in [-0.05, 0) is 49.9 Å². The zero-order valence-electron chi connectivity index (χ0n) is 18.8. The summed E-state index contributed by atoms with van der Waals surface area (Å²) in [6, 6.07) is 10.7. The number of unbranched alkanes of at least 4 members (excludes halogenated alkanes) is 1. The van der Waals surface area contributed by atoms with Gasteiger partial charge >= 0.3 is 0 Å². The van der Waals surface area contributed by atoms with Crippen molar-refractivity contribution in [3.8, 4) is 0 Å². The van der Waals surface area contributed by atoms with Crippen molar-refractivity contribution >= 4 is 35.0 Å². The van der Waals surface area contributed by atoms with Gasteiger partial charge < -0.3 is 10.2 Å². The lowest BCUT2D eigenvalue weighted by Gasteiger charge is -2.31. The molecule has 4 nitrogen and oxygen atoms in total. The van der Waals surface area contributed by atoms with Gasteiger partial charge in [0, 0.05) is 28.7 Å². The first-order chi connectivity index (χ1) is 14.8. The number of carbonyl (C=O) groups is 2. The topological polar surface area (TPSA) is 49.4 Å². The quantitative estimate of drug-likeness (QED) is 0.448. The maximum atomic E-state index is 13.5. The highest BCUT2D eigenvalue weighted by Gasteiger charge is 2.29. The molecule has 2 amide bonds. The molecule has 168 valence electrons. The smallest absolute Gasteiger partial charge is 0.242 e. The molecule has 2 rings (SSSR count). The molecule has 0 unspecified atom stereocenters. The standard InChI is InChI=1S/C25H32Cl2N2O2/c1-5-7-13-28-25(31)23(6-2)29(16-20-21(26)9-8-10-22(20)27)24(30)15-19-14-17(3)11-12-18(19)4/h8-12,14,23H,5-7,13,15-16H2,1-4H3,(H,28,31)/t23-/m1/s1. The van der Waals surface area contributed by atoms with E-state index in [1.807, 2.05) is 39.0 Å². The molecule has 2 aromatic rings. The third-order valence-corrected chi connectivity index (χ3v) is 6.16. The summed E-state index contributed by atoms with van der Waals surface area (Å²) in [5.41, 5.74) is 3.76. The lowest BCUT2D eigenvalue weighted by atomic mass is 10.0. The Bertz CT molecular complexity index is 894. The minimum Gasteiger partial charge on any atom is -0.354 e. The first kappa shape index (κ1) is 25.2. The van der Waals surface area contributed by atoms with Gasteiger partial charge in [0.25, 0.3) is 0 Å². The van der Waals surface area contributed by atoms with Crippen molar-refractivity contribution in [3.05, 3.63) is 68.7 Å². The van der Waals surface area contributed by atoms with Gasteiger partial charge in [0.05, 0.1) is 6.42 Å². The number of nitrogens with zero attached hydrogens (tertiary/aromatic N) is 1. The Kier molecular flexibility index (Phi) is 9.86. The van der Waals surface area contributed by atoms with E-state index >= 15 is 0 Å². The molecule has 2 aromatic carbocycles. The fourth-order valence-electron chi connectivity index (χ4n) is 3.53. The van der Waals surface area contributed by atoms with Crippen LogP contribution in [0.1, 0.15) is 55.4 Å². The van der Waals surface area contributed by atoms with E-state index in [1.165, 1.54) is 0 Å². The van der Waals surface area contributed by atoms with Crippen LogP contribution in [0.2, 0.25) is 10.0 Å². The average Bonchev–Trinajstić information content (AvgIpc) is 2.72. The molecule has 1 atom stereocenters. The highest BCUT2D eigenvalue weighted by molar-refractivity contribution is 6.36. The number of aryl methyl sites for hydroxylation is 2. The molecule has 0 aliphatic rings. The first-order valence-corrected chi connectivity index (χ1v) is 11.6. The van der Waals surface area contributed by atoms with E-state index in [2.05, 4.69) is 12.2 Å². The predicted octanol–water partition coefficient (Wildman–Crippen LogP) is 5.88. The third kappa shape index (κ3) is 6.98. The fraction of sp³-hybridized carbons (Fsp3) is 0.440. The lowest BCUT2D eigenvalue weighted by Crippen LogP contribution is -2.49. The van der Waals surface area contributed by atoms with Gasteiger partial charge in [0.15, 0.2) is 0 Å². The number of carbonyl (C=O) groups excluding carboxylic acids is 2. The Labute approximate surface area is 195 Å². The largest absolute Gasteiger partial charge is 0.354 e. The van der Waals surface area contributed by atoms with Gasteiger partial charge in [-0.15, -0.1) is 0 Å². The summed E-state index contributed by atoms with van der Waals surface area (Å²) >= 11 is 12.8. The zero-order chi connectivity index (χ0) is 23.0. The number of rotatable bonds is 10. The second-order valence-electron chi connectivity index (χ2n) is 7.90. The Morgan fingerprint density at radius 3 is 2.35 bits per heavy atom. The molecular weight excluding hydrogens is 431 g/mol. The van der Waals surface area contributed by atoms with Crippen LogP contribution in [-0.2, 0) is 22.6 Å². The van der Waals surface area contributed by atoms with Crippen LogP contribution in [-0.4, -0.2) is 29.3 Å². The van der Waals surface area contributed by atoms with Crippen LogP contribution in [0.5, 0.6) is 0 Å². The highest BCUT2D eigenvalue weighted by atomic mass is 35.5. The molecular formula is C25H32Cl2N2O2. The molecule has 0 fully saturated rings. The Balaban J connectivity index is 2.36. The fourth-order valence-corrected chi connectivity index (χ4v) is 4.05. The van der Waals surface area contributed by atoms with Crippen molar-refractivity contribution < 1.29 is 9.59 Å². The van der Waals surface area contributed by atoms with E-state index in [-0.39, 0.29) is 24.8 Å². The summed E-state index contributed by atoms with van der Waals surface area (Å²) in [6.07, 6.45) is 2.60. The average molecular weight is 463 g/mol. The molecule has 0 bridgehead atoms. The molecule has 0 spiro atoms. The third-order valence-electron chi connectivity index (χ3n) is 5.45. The molecule has 0 heterocycles. The molecule has 0 radical (unpaired) electrons. The number of benzene rings is 2. The van der Waals surface area contributed by atoms with Crippen molar-refractivity contribution in [2.75, 3.05) is 6.54 Å². The molecule has 0 aliphatic carbocycles. The molecule has 6 heteroatoms. The van der Waals surface area contributed by atoms with Crippen LogP contribution < -0.4 is 5.32 Å². The van der Waals surface area contributed by atoms with Crippen LogP contribution in [0, 0.1) is 13.8 Å². The van der Waals surface area contributed by atoms with Gasteiger partial charge in [-0.3, -0.25) is 9.59 Å². The zero-order valence-corrected chi connectivity index (χ0v) is 20.3. The Morgan fingerprint density at radius 1 is 1.06 bits per heavy atom. The summed E-state index contributed by atoms with van der Waals surface area (Å²) < 4.78 is 0. The van der Waals surface area contributed by atoms with Crippen LogP contribution in [0.3, 0.4) is 0 Å². The second kappa shape index (κ2) is 12.1. The highest BCUT2D eigenvalue weighted by Crippen LogP contribution is 2.27. The predicted molar refractivity (Wildman–Crippen MR) is 129 cm³/mol. The first-order valence-electron chi connectivity index (χ1n) is 10.8. The minimum absolute atomic E-state index is 0.123. The van der Waals surface area contributed by atoms with E-state index in [0.717, 1.165) is 29.5 Å². The number of nitrogens with one attached hydrogen (secondary N) is 1. The van der Waals surface area contributed by atoms with E-state index in [0.29, 0.717) is 28.6 Å². The van der Waals surface area contributed by atoms with Crippen molar-refractivity contribution in [1.29, 1.82) is 0 Å². The number of amides is 2. The van der Waals surface area contributed by atoms with Crippen molar-refractivity contribution in [2.24, 2.45) is 0 Å². The molecule has 0 saturated heterocycles. The number of halogens is 2. The van der Waals surface area contributed by atoms with Crippen molar-refractivity contribution in [3.63, 3.8) is 0 Å². The summed E-state index contributed by atoms with van der Waals surface area (Å²) in [5.74, 6) is -0.268. The summed E-state index contributed by atoms with van der Waals surface area (Å²) in [4.78, 5) is 28.1. The van der Waals surface area contributed by atoms with E-state index in [4.69, 9.17) is 23.2 Å². The van der Waals surface area contributed by atoms with Gasteiger partial charge in [-0.2, -0.15) is 0 Å². The van der Waals surface area contributed by atoms with Gasteiger partial charge in [0.1, 0.15) is 6.04 Å². The molecule has 31 heavy (non-hydrogen) atoms. The Morgan fingerprint density at radius 2 is 1.74 bits per heavy atom.